The summed E-state index contributed by atoms with van der Waals surface area (Å²) in [4.78, 5) is 15.2. The number of aliphatic carboxylic acids is 1. The van der Waals surface area contributed by atoms with Gasteiger partial charge in [0.05, 0.1) is 5.52 Å². The third kappa shape index (κ3) is 11.1. The zero-order valence-corrected chi connectivity index (χ0v) is 19.5. The van der Waals surface area contributed by atoms with E-state index in [0.29, 0.717) is 6.42 Å². The Labute approximate surface area is 189 Å². The van der Waals surface area contributed by atoms with Gasteiger partial charge in [-0.2, -0.15) is 0 Å². The van der Waals surface area contributed by atoms with Gasteiger partial charge in [0.15, 0.2) is 0 Å². The molecular formula is C28H41NO2. The van der Waals surface area contributed by atoms with Crippen molar-refractivity contribution >= 4 is 16.9 Å². The highest BCUT2D eigenvalue weighted by molar-refractivity contribution is 5.81. The van der Waals surface area contributed by atoms with Crippen LogP contribution in [0.25, 0.3) is 10.9 Å². The Balaban J connectivity index is 1.41. The minimum Gasteiger partial charge on any atom is -0.481 e. The third-order valence-electron chi connectivity index (χ3n) is 5.94. The van der Waals surface area contributed by atoms with Gasteiger partial charge in [0.2, 0.25) is 0 Å². The standard InChI is InChI=1S/C28H41NO2/c1-24-22-23-26-20-17-19-25(28(26)29-24)18-15-13-11-9-7-5-3-2-4-6-8-10-12-14-16-21-27(30)31/h2,4,17,19-20,22-23H,3,5-16,18,21H2,1H3,(H,30,31)/b4-2-. The summed E-state index contributed by atoms with van der Waals surface area (Å²) in [7, 11) is 0. The molecule has 0 radical (unpaired) electrons. The van der Waals surface area contributed by atoms with Crippen molar-refractivity contribution in [1.29, 1.82) is 0 Å². The summed E-state index contributed by atoms with van der Waals surface area (Å²) >= 11 is 0. The average Bonchev–Trinajstić information content (AvgIpc) is 2.75. The molecule has 1 aromatic heterocycles. The van der Waals surface area contributed by atoms with E-state index in [2.05, 4.69) is 49.4 Å². The van der Waals surface area contributed by atoms with Crippen molar-refractivity contribution in [3.63, 3.8) is 0 Å². The van der Waals surface area contributed by atoms with Gasteiger partial charge in [-0.1, -0.05) is 81.4 Å². The molecule has 0 bridgehead atoms. The van der Waals surface area contributed by atoms with E-state index in [0.717, 1.165) is 31.4 Å². The van der Waals surface area contributed by atoms with Crippen LogP contribution in [0.4, 0.5) is 0 Å². The molecule has 1 aromatic carbocycles. The number of unbranched alkanes of at least 4 members (excludes halogenated alkanes) is 11. The number of para-hydroxylation sites is 1. The first kappa shape index (κ1) is 25.1. The fourth-order valence-electron chi connectivity index (χ4n) is 4.10. The lowest BCUT2D eigenvalue weighted by molar-refractivity contribution is -0.137. The van der Waals surface area contributed by atoms with Crippen LogP contribution in [0.1, 0.15) is 101 Å². The van der Waals surface area contributed by atoms with Crippen molar-refractivity contribution in [2.75, 3.05) is 0 Å². The van der Waals surface area contributed by atoms with Crippen LogP contribution in [0.2, 0.25) is 0 Å². The molecule has 0 aliphatic heterocycles. The molecule has 0 saturated carbocycles. The number of nitrogens with zero attached hydrogens (tertiary/aromatic N) is 1. The quantitative estimate of drug-likeness (QED) is 0.206. The van der Waals surface area contributed by atoms with Crippen molar-refractivity contribution in [3.05, 3.63) is 53.7 Å². The number of benzene rings is 1. The van der Waals surface area contributed by atoms with E-state index in [9.17, 15) is 4.79 Å². The zero-order chi connectivity index (χ0) is 22.2. The highest BCUT2D eigenvalue weighted by atomic mass is 16.4. The Bertz CT molecular complexity index is 797. The van der Waals surface area contributed by atoms with Gasteiger partial charge in [-0.05, 0) is 63.5 Å². The first-order chi connectivity index (χ1) is 15.2. The van der Waals surface area contributed by atoms with Gasteiger partial charge in [-0.25, -0.2) is 0 Å². The number of carboxylic acid groups (broad SMARTS) is 1. The molecule has 1 heterocycles. The Morgan fingerprint density at radius 3 is 2.10 bits per heavy atom. The summed E-state index contributed by atoms with van der Waals surface area (Å²) < 4.78 is 0. The largest absolute Gasteiger partial charge is 0.481 e. The molecule has 0 atom stereocenters. The minimum atomic E-state index is -0.670. The van der Waals surface area contributed by atoms with E-state index in [4.69, 9.17) is 10.1 Å². The number of carbonyl (C=O) groups is 1. The molecule has 1 N–H and O–H groups in total. The molecule has 31 heavy (non-hydrogen) atoms. The normalized spacial score (nSPS) is 11.5. The second-order valence-corrected chi connectivity index (χ2v) is 8.77. The Kier molecular flexibility index (Phi) is 12.6. The molecule has 3 nitrogen and oxygen atoms in total. The van der Waals surface area contributed by atoms with E-state index < -0.39 is 5.97 Å². The minimum absolute atomic E-state index is 0.321. The van der Waals surface area contributed by atoms with E-state index in [1.165, 1.54) is 80.7 Å². The van der Waals surface area contributed by atoms with Crippen LogP contribution < -0.4 is 0 Å². The molecule has 0 fully saturated rings. The summed E-state index contributed by atoms with van der Waals surface area (Å²) in [6.07, 6.45) is 21.9. The van der Waals surface area contributed by atoms with Crippen LogP contribution in [0.3, 0.4) is 0 Å². The van der Waals surface area contributed by atoms with Gasteiger partial charge in [-0.3, -0.25) is 9.78 Å². The molecule has 0 amide bonds. The fraction of sp³-hybridized carbons (Fsp3) is 0.571. The van der Waals surface area contributed by atoms with Gasteiger partial charge in [0.25, 0.3) is 0 Å². The molecule has 3 heteroatoms. The monoisotopic (exact) mass is 423 g/mol. The van der Waals surface area contributed by atoms with Crippen LogP contribution >= 0.6 is 0 Å². The summed E-state index contributed by atoms with van der Waals surface area (Å²) in [5.74, 6) is -0.670. The van der Waals surface area contributed by atoms with Crippen molar-refractivity contribution in [2.45, 2.75) is 103 Å². The number of hydrogen-bond acceptors (Lipinski definition) is 2. The van der Waals surface area contributed by atoms with Crippen LogP contribution in [0.15, 0.2) is 42.5 Å². The number of pyridine rings is 1. The van der Waals surface area contributed by atoms with Gasteiger partial charge >= 0.3 is 5.97 Å². The van der Waals surface area contributed by atoms with Crippen molar-refractivity contribution in [1.82, 2.24) is 4.98 Å². The van der Waals surface area contributed by atoms with E-state index in [1.54, 1.807) is 0 Å². The number of rotatable bonds is 17. The maximum absolute atomic E-state index is 10.4. The van der Waals surface area contributed by atoms with Gasteiger partial charge in [0.1, 0.15) is 0 Å². The summed E-state index contributed by atoms with van der Waals surface area (Å²) in [5, 5.41) is 9.86. The molecular weight excluding hydrogens is 382 g/mol. The van der Waals surface area contributed by atoms with E-state index in [1.807, 2.05) is 0 Å². The zero-order valence-electron chi connectivity index (χ0n) is 19.5. The molecule has 0 unspecified atom stereocenters. The lowest BCUT2D eigenvalue weighted by atomic mass is 10.0. The molecule has 170 valence electrons. The predicted molar refractivity (Wildman–Crippen MR) is 132 cm³/mol. The first-order valence-electron chi connectivity index (χ1n) is 12.4. The number of carboxylic acids is 1. The molecule has 0 spiro atoms. The van der Waals surface area contributed by atoms with Crippen molar-refractivity contribution in [2.24, 2.45) is 0 Å². The second-order valence-electron chi connectivity index (χ2n) is 8.77. The first-order valence-corrected chi connectivity index (χ1v) is 12.4. The number of aryl methyl sites for hydroxylation is 2. The second kappa shape index (κ2) is 15.6. The highest BCUT2D eigenvalue weighted by Crippen LogP contribution is 2.20. The van der Waals surface area contributed by atoms with Crippen molar-refractivity contribution < 1.29 is 9.90 Å². The van der Waals surface area contributed by atoms with Gasteiger partial charge in [0, 0.05) is 17.5 Å². The van der Waals surface area contributed by atoms with Crippen LogP contribution in [-0.2, 0) is 11.2 Å². The molecule has 2 aromatic rings. The molecule has 2 rings (SSSR count). The van der Waals surface area contributed by atoms with Crippen LogP contribution in [0, 0.1) is 6.92 Å². The number of allylic oxidation sites excluding steroid dienone is 2. The lowest BCUT2D eigenvalue weighted by Gasteiger charge is -2.07. The predicted octanol–water partition coefficient (Wildman–Crippen LogP) is 8.19. The van der Waals surface area contributed by atoms with E-state index >= 15 is 0 Å². The Morgan fingerprint density at radius 1 is 0.806 bits per heavy atom. The number of hydrogen-bond donors (Lipinski definition) is 1. The van der Waals surface area contributed by atoms with Crippen LogP contribution in [-0.4, -0.2) is 16.1 Å². The Hall–Kier alpha value is -2.16. The molecule has 0 aliphatic carbocycles. The summed E-state index contributed by atoms with van der Waals surface area (Å²) in [6, 6.07) is 10.8. The van der Waals surface area contributed by atoms with Crippen LogP contribution in [0.5, 0.6) is 0 Å². The highest BCUT2D eigenvalue weighted by Gasteiger charge is 2.03. The van der Waals surface area contributed by atoms with Gasteiger partial charge < -0.3 is 5.11 Å². The molecule has 0 saturated heterocycles. The lowest BCUT2D eigenvalue weighted by Crippen LogP contribution is -1.93. The van der Waals surface area contributed by atoms with E-state index in [-0.39, 0.29) is 0 Å². The fourth-order valence-corrected chi connectivity index (χ4v) is 4.10. The topological polar surface area (TPSA) is 50.2 Å². The smallest absolute Gasteiger partial charge is 0.303 e. The van der Waals surface area contributed by atoms with Gasteiger partial charge in [-0.15, -0.1) is 0 Å². The Morgan fingerprint density at radius 2 is 1.42 bits per heavy atom. The van der Waals surface area contributed by atoms with Crippen molar-refractivity contribution in [3.8, 4) is 0 Å². The average molecular weight is 424 g/mol. The third-order valence-corrected chi connectivity index (χ3v) is 5.94. The maximum Gasteiger partial charge on any atom is 0.303 e. The SMILES string of the molecule is Cc1ccc2cccc(CCCCCCCC/C=C\CCCCCCCC(=O)O)c2n1. The summed E-state index contributed by atoms with van der Waals surface area (Å²) in [5.41, 5.74) is 3.68. The maximum atomic E-state index is 10.4. The number of aromatic nitrogens is 1. The molecule has 0 aliphatic rings. The number of fused-ring (bicyclic) bond motifs is 1. The summed E-state index contributed by atoms with van der Waals surface area (Å²) in [6.45, 7) is 2.07.